The van der Waals surface area contributed by atoms with E-state index in [9.17, 15) is 22.4 Å². The van der Waals surface area contributed by atoms with Crippen LogP contribution in [0, 0.1) is 5.82 Å². The van der Waals surface area contributed by atoms with E-state index in [0.717, 1.165) is 12.1 Å². The number of nitrogens with zero attached hydrogens (tertiary/aromatic N) is 2. The third kappa shape index (κ3) is 4.41. The largest absolute Gasteiger partial charge is 0.494 e. The van der Waals surface area contributed by atoms with Crippen LogP contribution >= 0.6 is 0 Å². The van der Waals surface area contributed by atoms with Crippen molar-refractivity contribution in [1.82, 2.24) is 9.78 Å². The maximum Gasteiger partial charge on any atom is 0.419 e. The molecule has 0 unspecified atom stereocenters. The van der Waals surface area contributed by atoms with Crippen LogP contribution in [-0.2, 0) is 17.5 Å². The molecule has 31 heavy (non-hydrogen) atoms. The second-order valence-electron chi connectivity index (χ2n) is 7.64. The van der Waals surface area contributed by atoms with E-state index in [0.29, 0.717) is 23.8 Å². The highest BCUT2D eigenvalue weighted by Crippen LogP contribution is 2.35. The second-order valence-corrected chi connectivity index (χ2v) is 7.64. The zero-order valence-electron chi connectivity index (χ0n) is 17.5. The first kappa shape index (κ1) is 22.7. The van der Waals surface area contributed by atoms with Gasteiger partial charge in [-0.2, -0.15) is 18.3 Å². The summed E-state index contributed by atoms with van der Waals surface area (Å²) >= 11 is 0. The Morgan fingerprint density at radius 2 is 1.74 bits per heavy atom. The fourth-order valence-electron chi connectivity index (χ4n) is 3.23. The molecule has 9 heteroatoms. The number of aryl methyl sites for hydroxylation is 1. The molecule has 1 aromatic heterocycles. The molecule has 0 N–H and O–H groups in total. The molecule has 166 valence electrons. The number of hydrogen-bond donors (Lipinski definition) is 0. The van der Waals surface area contributed by atoms with E-state index in [-0.39, 0.29) is 11.9 Å². The first-order chi connectivity index (χ1) is 14.5. The number of benzene rings is 2. The molecule has 0 amide bonds. The fraction of sp³-hybridized carbons (Fsp3) is 0.364. The number of fused-ring (bicyclic) bond motifs is 1. The summed E-state index contributed by atoms with van der Waals surface area (Å²) in [4.78, 5) is 13.1. The molecule has 0 aliphatic rings. The Morgan fingerprint density at radius 3 is 2.35 bits per heavy atom. The number of para-hydroxylation sites is 1. The zero-order valence-corrected chi connectivity index (χ0v) is 17.5. The standard InChI is InChI=1S/C22H22F4N2O3/c1-21(2,31-4)11-12-28-19-14(8-6-10-16(19)30-3)20(29)18(27-28)13-7-5-9-15(17(13)23)22(24,25)26/h5-10H,11-12H2,1-4H3. The summed E-state index contributed by atoms with van der Waals surface area (Å²) in [6.07, 6.45) is -4.43. The number of alkyl halides is 3. The van der Waals surface area contributed by atoms with Gasteiger partial charge in [0.15, 0.2) is 0 Å². The van der Waals surface area contributed by atoms with E-state index in [2.05, 4.69) is 5.10 Å². The summed E-state index contributed by atoms with van der Waals surface area (Å²) in [6, 6.07) is 7.53. The Kier molecular flexibility index (Phi) is 6.09. The SMILES string of the molecule is COc1cccc2c(=O)c(-c3cccc(C(F)(F)F)c3F)nn(CCC(C)(C)OC)c12. The van der Waals surface area contributed by atoms with Gasteiger partial charge in [0.2, 0.25) is 5.43 Å². The van der Waals surface area contributed by atoms with Crippen molar-refractivity contribution in [1.29, 1.82) is 0 Å². The van der Waals surface area contributed by atoms with Crippen molar-refractivity contribution >= 4 is 10.9 Å². The quantitative estimate of drug-likeness (QED) is 0.506. The highest BCUT2D eigenvalue weighted by atomic mass is 19.4. The number of rotatable bonds is 6. The molecule has 0 saturated carbocycles. The highest BCUT2D eigenvalue weighted by Gasteiger charge is 2.35. The molecular formula is C22H22F4N2O3. The van der Waals surface area contributed by atoms with Gasteiger partial charge < -0.3 is 9.47 Å². The molecule has 0 radical (unpaired) electrons. The van der Waals surface area contributed by atoms with Gasteiger partial charge in [0.25, 0.3) is 0 Å². The van der Waals surface area contributed by atoms with Gasteiger partial charge in [0.05, 0.1) is 23.7 Å². The maximum atomic E-state index is 14.8. The van der Waals surface area contributed by atoms with Crippen LogP contribution < -0.4 is 10.2 Å². The Bertz CT molecular complexity index is 1170. The summed E-state index contributed by atoms with van der Waals surface area (Å²) in [5.41, 5.74) is -3.21. The summed E-state index contributed by atoms with van der Waals surface area (Å²) < 4.78 is 66.6. The van der Waals surface area contributed by atoms with E-state index in [4.69, 9.17) is 9.47 Å². The molecule has 3 rings (SSSR count). The number of hydrogen-bond acceptors (Lipinski definition) is 4. The summed E-state index contributed by atoms with van der Waals surface area (Å²) in [5.74, 6) is -1.17. The van der Waals surface area contributed by atoms with E-state index in [1.165, 1.54) is 17.9 Å². The van der Waals surface area contributed by atoms with E-state index in [1.54, 1.807) is 19.2 Å². The Labute approximate surface area is 176 Å². The summed E-state index contributed by atoms with van der Waals surface area (Å²) in [7, 11) is 2.99. The van der Waals surface area contributed by atoms with Crippen molar-refractivity contribution in [3.05, 3.63) is 58.0 Å². The third-order valence-corrected chi connectivity index (χ3v) is 5.19. The summed E-state index contributed by atoms with van der Waals surface area (Å²) in [5, 5.41) is 4.43. The van der Waals surface area contributed by atoms with E-state index >= 15 is 0 Å². The van der Waals surface area contributed by atoms with Crippen LogP contribution in [0.2, 0.25) is 0 Å². The molecule has 3 aromatic rings. The van der Waals surface area contributed by atoms with Crippen molar-refractivity contribution in [2.75, 3.05) is 14.2 Å². The molecule has 2 aromatic carbocycles. The number of methoxy groups -OCH3 is 2. The predicted octanol–water partition coefficient (Wildman–Crippen LogP) is 5.05. The van der Waals surface area contributed by atoms with Crippen LogP contribution in [0.25, 0.3) is 22.2 Å². The van der Waals surface area contributed by atoms with Gasteiger partial charge in [0.1, 0.15) is 22.8 Å². The minimum absolute atomic E-state index is 0.163. The topological polar surface area (TPSA) is 53.3 Å². The minimum Gasteiger partial charge on any atom is -0.494 e. The smallest absolute Gasteiger partial charge is 0.419 e. The van der Waals surface area contributed by atoms with Crippen LogP contribution in [0.1, 0.15) is 25.8 Å². The Morgan fingerprint density at radius 1 is 1.06 bits per heavy atom. The fourth-order valence-corrected chi connectivity index (χ4v) is 3.23. The monoisotopic (exact) mass is 438 g/mol. The normalized spacial score (nSPS) is 12.4. The average molecular weight is 438 g/mol. The molecule has 1 heterocycles. The lowest BCUT2D eigenvalue weighted by atomic mass is 10.0. The molecule has 0 fully saturated rings. The van der Waals surface area contributed by atoms with Gasteiger partial charge in [-0.3, -0.25) is 9.48 Å². The van der Waals surface area contributed by atoms with Gasteiger partial charge in [-0.05, 0) is 44.5 Å². The van der Waals surface area contributed by atoms with Crippen LogP contribution in [-0.4, -0.2) is 29.6 Å². The van der Waals surface area contributed by atoms with Crippen molar-refractivity contribution < 1.29 is 27.0 Å². The van der Waals surface area contributed by atoms with Gasteiger partial charge in [-0.25, -0.2) is 4.39 Å². The molecule has 0 spiro atoms. The Hall–Kier alpha value is -2.94. The van der Waals surface area contributed by atoms with Gasteiger partial charge in [-0.1, -0.05) is 12.1 Å². The lowest BCUT2D eigenvalue weighted by Crippen LogP contribution is -2.26. The lowest BCUT2D eigenvalue weighted by Gasteiger charge is -2.24. The van der Waals surface area contributed by atoms with Crippen molar-refractivity contribution in [2.24, 2.45) is 0 Å². The van der Waals surface area contributed by atoms with Gasteiger partial charge in [-0.15, -0.1) is 0 Å². The number of ether oxygens (including phenoxy) is 2. The van der Waals surface area contributed by atoms with Gasteiger partial charge in [0, 0.05) is 19.2 Å². The molecule has 0 atom stereocenters. The van der Waals surface area contributed by atoms with Crippen molar-refractivity contribution in [2.45, 2.75) is 38.6 Å². The molecule has 0 aliphatic carbocycles. The molecule has 5 nitrogen and oxygen atoms in total. The predicted molar refractivity (Wildman–Crippen MR) is 109 cm³/mol. The molecule has 0 bridgehead atoms. The number of aromatic nitrogens is 2. The molecule has 0 saturated heterocycles. The van der Waals surface area contributed by atoms with Crippen molar-refractivity contribution in [3.8, 4) is 17.0 Å². The molecule has 0 aliphatic heterocycles. The van der Waals surface area contributed by atoms with Crippen LogP contribution in [0.3, 0.4) is 0 Å². The third-order valence-electron chi connectivity index (χ3n) is 5.19. The maximum absolute atomic E-state index is 14.8. The summed E-state index contributed by atoms with van der Waals surface area (Å²) in [6.45, 7) is 3.98. The van der Waals surface area contributed by atoms with E-state index < -0.39 is 39.8 Å². The average Bonchev–Trinajstić information content (AvgIpc) is 2.72. The van der Waals surface area contributed by atoms with Crippen LogP contribution in [0.15, 0.2) is 41.2 Å². The first-order valence-corrected chi connectivity index (χ1v) is 9.49. The Balaban J connectivity index is 2.30. The van der Waals surface area contributed by atoms with Crippen molar-refractivity contribution in [3.63, 3.8) is 0 Å². The first-order valence-electron chi connectivity index (χ1n) is 9.49. The van der Waals surface area contributed by atoms with Gasteiger partial charge >= 0.3 is 6.18 Å². The molecular weight excluding hydrogens is 416 g/mol. The highest BCUT2D eigenvalue weighted by molar-refractivity contribution is 5.87. The number of halogens is 4. The lowest BCUT2D eigenvalue weighted by molar-refractivity contribution is -0.139. The van der Waals surface area contributed by atoms with Crippen LogP contribution in [0.4, 0.5) is 17.6 Å². The minimum atomic E-state index is -4.90. The second kappa shape index (κ2) is 8.30. The van der Waals surface area contributed by atoms with E-state index in [1.807, 2.05) is 13.8 Å². The zero-order chi connectivity index (χ0) is 23.0. The van der Waals surface area contributed by atoms with Crippen LogP contribution in [0.5, 0.6) is 5.75 Å².